The summed E-state index contributed by atoms with van der Waals surface area (Å²) in [5, 5.41) is 6.39. The number of hydrogen-bond donors (Lipinski definition) is 2. The van der Waals surface area contributed by atoms with Crippen molar-refractivity contribution >= 4 is 39.4 Å². The molecular weight excluding hydrogens is 386 g/mol. The molecule has 0 amide bonds. The first-order valence-electron chi connectivity index (χ1n) is 9.90. The SMILES string of the molecule is CC(Nc1ncnc2nc[nH]c12)c1cc2cccc(Cl)c2c(CCN2CCC2)n1. The molecule has 0 aliphatic carbocycles. The number of aromatic nitrogens is 5. The van der Waals surface area contributed by atoms with Crippen LogP contribution in [0.3, 0.4) is 0 Å². The zero-order valence-electron chi connectivity index (χ0n) is 16.2. The molecule has 1 aliphatic heterocycles. The Morgan fingerprint density at radius 1 is 1.24 bits per heavy atom. The Kier molecular flexibility index (Phi) is 4.77. The minimum absolute atomic E-state index is 0.0393. The number of anilines is 1. The molecule has 1 saturated heterocycles. The lowest BCUT2D eigenvalue weighted by molar-refractivity contribution is 0.183. The van der Waals surface area contributed by atoms with Crippen LogP contribution >= 0.6 is 11.6 Å². The highest BCUT2D eigenvalue weighted by atomic mass is 35.5. The van der Waals surface area contributed by atoms with Gasteiger partial charge >= 0.3 is 0 Å². The van der Waals surface area contributed by atoms with Gasteiger partial charge in [0.15, 0.2) is 11.5 Å². The van der Waals surface area contributed by atoms with Crippen molar-refractivity contribution in [3.05, 3.63) is 53.3 Å². The molecule has 4 heterocycles. The number of hydrogen-bond acceptors (Lipinski definition) is 6. The highest BCUT2D eigenvalue weighted by Crippen LogP contribution is 2.30. The standard InChI is InChI=1S/C21H22ClN7/c1-13(27-21-19-20(24-11-23-19)25-12-26-21)17-10-14-4-2-5-15(22)18(14)16(28-17)6-9-29-7-3-8-29/h2,4-5,10-13H,3,6-9H2,1H3,(H2,23,24,25,26,27). The monoisotopic (exact) mass is 407 g/mol. The topological polar surface area (TPSA) is 82.6 Å². The Morgan fingerprint density at radius 3 is 2.97 bits per heavy atom. The van der Waals surface area contributed by atoms with Gasteiger partial charge in [-0.25, -0.2) is 15.0 Å². The normalized spacial score (nSPS) is 15.5. The van der Waals surface area contributed by atoms with E-state index in [-0.39, 0.29) is 6.04 Å². The van der Waals surface area contributed by atoms with Crippen molar-refractivity contribution < 1.29 is 0 Å². The fourth-order valence-corrected chi connectivity index (χ4v) is 4.09. The lowest BCUT2D eigenvalue weighted by Gasteiger charge is -2.30. The molecule has 0 spiro atoms. The van der Waals surface area contributed by atoms with Crippen LogP contribution in [0.4, 0.5) is 5.82 Å². The van der Waals surface area contributed by atoms with E-state index in [0.29, 0.717) is 5.65 Å². The van der Waals surface area contributed by atoms with E-state index >= 15 is 0 Å². The van der Waals surface area contributed by atoms with E-state index in [2.05, 4.69) is 49.2 Å². The molecule has 1 fully saturated rings. The first kappa shape index (κ1) is 18.3. The summed E-state index contributed by atoms with van der Waals surface area (Å²) in [6.07, 6.45) is 5.32. The molecule has 4 aromatic rings. The predicted octanol–water partition coefficient (Wildman–Crippen LogP) is 3.98. The number of aromatic amines is 1. The summed E-state index contributed by atoms with van der Waals surface area (Å²) in [4.78, 5) is 23.3. The predicted molar refractivity (Wildman–Crippen MR) is 115 cm³/mol. The van der Waals surface area contributed by atoms with Crippen molar-refractivity contribution in [2.24, 2.45) is 0 Å². The number of likely N-dealkylation sites (tertiary alicyclic amines) is 1. The van der Waals surface area contributed by atoms with Gasteiger partial charge in [-0.3, -0.25) is 4.98 Å². The van der Waals surface area contributed by atoms with Crippen molar-refractivity contribution in [1.82, 2.24) is 29.8 Å². The maximum absolute atomic E-state index is 6.54. The molecule has 1 atom stereocenters. The number of H-pyrrole nitrogens is 1. The van der Waals surface area contributed by atoms with Crippen LogP contribution in [0.5, 0.6) is 0 Å². The smallest absolute Gasteiger partial charge is 0.182 e. The second-order valence-electron chi connectivity index (χ2n) is 7.47. The zero-order chi connectivity index (χ0) is 19.8. The summed E-state index contributed by atoms with van der Waals surface area (Å²) in [6, 6.07) is 8.10. The van der Waals surface area contributed by atoms with E-state index in [1.54, 1.807) is 6.33 Å². The van der Waals surface area contributed by atoms with E-state index in [4.69, 9.17) is 16.6 Å². The number of benzene rings is 1. The summed E-state index contributed by atoms with van der Waals surface area (Å²) in [7, 11) is 0. The molecule has 1 aromatic carbocycles. The van der Waals surface area contributed by atoms with Crippen molar-refractivity contribution in [3.63, 3.8) is 0 Å². The van der Waals surface area contributed by atoms with Crippen LogP contribution in [-0.2, 0) is 6.42 Å². The Labute approximate surface area is 173 Å². The van der Waals surface area contributed by atoms with Crippen molar-refractivity contribution in [2.75, 3.05) is 25.0 Å². The second-order valence-corrected chi connectivity index (χ2v) is 7.87. The minimum Gasteiger partial charge on any atom is -0.360 e. The molecule has 8 heteroatoms. The van der Waals surface area contributed by atoms with Crippen LogP contribution in [0, 0.1) is 0 Å². The van der Waals surface area contributed by atoms with Crippen LogP contribution in [0.15, 0.2) is 36.9 Å². The van der Waals surface area contributed by atoms with Crippen LogP contribution in [0.1, 0.15) is 30.8 Å². The highest BCUT2D eigenvalue weighted by molar-refractivity contribution is 6.35. The Bertz CT molecular complexity index is 1170. The number of nitrogens with one attached hydrogen (secondary N) is 2. The molecule has 29 heavy (non-hydrogen) atoms. The Balaban J connectivity index is 1.49. The van der Waals surface area contributed by atoms with Gasteiger partial charge in [-0.15, -0.1) is 0 Å². The average molecular weight is 408 g/mol. The molecule has 1 aliphatic rings. The fourth-order valence-electron chi connectivity index (χ4n) is 3.79. The number of nitrogens with zero attached hydrogens (tertiary/aromatic N) is 5. The summed E-state index contributed by atoms with van der Waals surface area (Å²) in [5.74, 6) is 0.718. The minimum atomic E-state index is -0.0393. The first-order valence-corrected chi connectivity index (χ1v) is 10.3. The molecule has 148 valence electrons. The van der Waals surface area contributed by atoms with Crippen molar-refractivity contribution in [1.29, 1.82) is 0 Å². The van der Waals surface area contributed by atoms with E-state index in [1.165, 1.54) is 25.8 Å². The van der Waals surface area contributed by atoms with Gasteiger partial charge in [-0.05, 0) is 44.0 Å². The summed E-state index contributed by atoms with van der Waals surface area (Å²) in [6.45, 7) is 5.45. The molecule has 0 radical (unpaired) electrons. The van der Waals surface area contributed by atoms with Gasteiger partial charge < -0.3 is 15.2 Å². The van der Waals surface area contributed by atoms with Gasteiger partial charge in [-0.2, -0.15) is 0 Å². The largest absolute Gasteiger partial charge is 0.360 e. The highest BCUT2D eigenvalue weighted by Gasteiger charge is 2.18. The summed E-state index contributed by atoms with van der Waals surface area (Å²) < 4.78 is 0. The first-order chi connectivity index (χ1) is 14.2. The fraction of sp³-hybridized carbons (Fsp3) is 0.333. The van der Waals surface area contributed by atoms with Crippen LogP contribution in [-0.4, -0.2) is 49.5 Å². The van der Waals surface area contributed by atoms with Gasteiger partial charge in [0.25, 0.3) is 0 Å². The maximum Gasteiger partial charge on any atom is 0.182 e. The third-order valence-corrected chi connectivity index (χ3v) is 5.85. The number of pyridine rings is 1. The number of halogens is 1. The molecular formula is C21H22ClN7. The van der Waals surface area contributed by atoms with Crippen molar-refractivity contribution in [3.8, 4) is 0 Å². The molecule has 7 nitrogen and oxygen atoms in total. The molecule has 1 unspecified atom stereocenters. The number of fused-ring (bicyclic) bond motifs is 2. The van der Waals surface area contributed by atoms with Gasteiger partial charge in [0.1, 0.15) is 11.8 Å². The van der Waals surface area contributed by atoms with Gasteiger partial charge in [0, 0.05) is 18.4 Å². The van der Waals surface area contributed by atoms with Crippen LogP contribution in [0.2, 0.25) is 5.02 Å². The summed E-state index contributed by atoms with van der Waals surface area (Å²) >= 11 is 6.54. The lowest BCUT2D eigenvalue weighted by atomic mass is 10.0. The molecule has 2 N–H and O–H groups in total. The molecule has 0 saturated carbocycles. The van der Waals surface area contributed by atoms with Gasteiger partial charge in [0.2, 0.25) is 0 Å². The van der Waals surface area contributed by atoms with Gasteiger partial charge in [0.05, 0.1) is 28.8 Å². The maximum atomic E-state index is 6.54. The Morgan fingerprint density at radius 2 is 2.14 bits per heavy atom. The molecule has 0 bridgehead atoms. The second kappa shape index (κ2) is 7.57. The lowest BCUT2D eigenvalue weighted by Crippen LogP contribution is -2.38. The van der Waals surface area contributed by atoms with E-state index in [9.17, 15) is 0 Å². The van der Waals surface area contributed by atoms with E-state index in [1.807, 2.05) is 12.1 Å². The summed E-state index contributed by atoms with van der Waals surface area (Å²) in [5.41, 5.74) is 3.45. The van der Waals surface area contributed by atoms with Crippen LogP contribution in [0.25, 0.3) is 21.9 Å². The van der Waals surface area contributed by atoms with Crippen LogP contribution < -0.4 is 5.32 Å². The zero-order valence-corrected chi connectivity index (χ0v) is 16.9. The number of rotatable bonds is 6. The average Bonchev–Trinajstić information content (AvgIpc) is 3.16. The quantitative estimate of drug-likeness (QED) is 0.503. The third-order valence-electron chi connectivity index (χ3n) is 5.54. The Hall–Kier alpha value is -2.77. The third kappa shape index (κ3) is 3.52. The van der Waals surface area contributed by atoms with Crippen molar-refractivity contribution in [2.45, 2.75) is 25.8 Å². The van der Waals surface area contributed by atoms with E-state index < -0.39 is 0 Å². The van der Waals surface area contributed by atoms with Gasteiger partial charge in [-0.1, -0.05) is 23.7 Å². The molecule has 5 rings (SSSR count). The van der Waals surface area contributed by atoms with E-state index in [0.717, 1.165) is 51.5 Å². The number of imidazole rings is 1. The molecule has 3 aromatic heterocycles.